The largest absolute Gasteiger partial charge is 0.359 e. The highest BCUT2D eigenvalue weighted by Crippen LogP contribution is 2.23. The molecular weight excluding hydrogens is 388 g/mol. The first kappa shape index (κ1) is 19.9. The summed E-state index contributed by atoms with van der Waals surface area (Å²) in [6.07, 6.45) is 2.06. The summed E-state index contributed by atoms with van der Waals surface area (Å²) in [5.74, 6) is 0. The summed E-state index contributed by atoms with van der Waals surface area (Å²) in [7, 11) is 0. The van der Waals surface area contributed by atoms with E-state index in [-0.39, 0.29) is 6.04 Å². The van der Waals surface area contributed by atoms with Gasteiger partial charge in [-0.05, 0) is 36.8 Å². The molecule has 4 aromatic rings. The van der Waals surface area contributed by atoms with Gasteiger partial charge in [-0.15, -0.1) is 0 Å². The third kappa shape index (κ3) is 4.75. The van der Waals surface area contributed by atoms with Crippen LogP contribution in [0.1, 0.15) is 24.1 Å². The van der Waals surface area contributed by atoms with Gasteiger partial charge in [0.25, 0.3) is 0 Å². The summed E-state index contributed by atoms with van der Waals surface area (Å²) in [4.78, 5) is 0. The van der Waals surface area contributed by atoms with Gasteiger partial charge in [0.15, 0.2) is 5.11 Å². The lowest BCUT2D eigenvalue weighted by molar-refractivity contribution is 0.698. The molecule has 150 valence electrons. The fourth-order valence-electron chi connectivity index (χ4n) is 3.34. The standard InChI is InChI=1S/C25H24N4S/c1-19(20-11-5-2-6-12-20)27-25(30)26-17-22-18-29(23-15-9-4-10-16-23)28-24(22)21-13-7-3-8-14-21/h2-16,18-19H,17H2,1H3,(H2,26,27,30). The molecule has 1 atom stereocenters. The van der Waals surface area contributed by atoms with Crippen LogP contribution >= 0.6 is 12.2 Å². The zero-order valence-electron chi connectivity index (χ0n) is 16.8. The molecule has 0 bridgehead atoms. The molecule has 0 aliphatic heterocycles. The molecule has 0 saturated heterocycles. The quantitative estimate of drug-likeness (QED) is 0.424. The van der Waals surface area contributed by atoms with E-state index in [1.54, 1.807) is 0 Å². The zero-order valence-corrected chi connectivity index (χ0v) is 17.6. The molecule has 0 saturated carbocycles. The highest BCUT2D eigenvalue weighted by atomic mass is 32.1. The molecule has 5 heteroatoms. The number of nitrogens with one attached hydrogen (secondary N) is 2. The van der Waals surface area contributed by atoms with E-state index in [2.05, 4.69) is 48.0 Å². The number of hydrogen-bond donors (Lipinski definition) is 2. The van der Waals surface area contributed by atoms with Crippen LogP contribution in [0.4, 0.5) is 0 Å². The summed E-state index contributed by atoms with van der Waals surface area (Å²) in [5, 5.41) is 12.2. The van der Waals surface area contributed by atoms with Gasteiger partial charge in [-0.1, -0.05) is 78.9 Å². The Bertz CT molecular complexity index is 1090. The topological polar surface area (TPSA) is 41.9 Å². The molecule has 0 fully saturated rings. The lowest BCUT2D eigenvalue weighted by Crippen LogP contribution is -2.36. The van der Waals surface area contributed by atoms with Gasteiger partial charge in [-0.2, -0.15) is 5.10 Å². The second-order valence-electron chi connectivity index (χ2n) is 7.11. The smallest absolute Gasteiger partial charge is 0.167 e. The van der Waals surface area contributed by atoms with Crippen LogP contribution in [0.25, 0.3) is 16.9 Å². The van der Waals surface area contributed by atoms with E-state index >= 15 is 0 Å². The number of benzene rings is 3. The molecule has 0 spiro atoms. The molecule has 0 aliphatic carbocycles. The molecule has 1 aromatic heterocycles. The van der Waals surface area contributed by atoms with Crippen LogP contribution in [0.15, 0.2) is 97.2 Å². The minimum Gasteiger partial charge on any atom is -0.359 e. The van der Waals surface area contributed by atoms with Crippen LogP contribution < -0.4 is 10.6 Å². The molecule has 30 heavy (non-hydrogen) atoms. The van der Waals surface area contributed by atoms with Crippen molar-refractivity contribution in [2.24, 2.45) is 0 Å². The Hall–Kier alpha value is -3.44. The number of nitrogens with zero attached hydrogens (tertiary/aromatic N) is 2. The predicted molar refractivity (Wildman–Crippen MR) is 126 cm³/mol. The van der Waals surface area contributed by atoms with E-state index in [9.17, 15) is 0 Å². The Morgan fingerprint density at radius 1 is 0.900 bits per heavy atom. The van der Waals surface area contributed by atoms with Crippen molar-refractivity contribution >= 4 is 17.3 Å². The number of rotatable bonds is 6. The third-order valence-electron chi connectivity index (χ3n) is 4.94. The monoisotopic (exact) mass is 412 g/mol. The van der Waals surface area contributed by atoms with Crippen LogP contribution in [-0.2, 0) is 6.54 Å². The van der Waals surface area contributed by atoms with Crippen molar-refractivity contribution in [3.8, 4) is 16.9 Å². The van der Waals surface area contributed by atoms with Gasteiger partial charge >= 0.3 is 0 Å². The van der Waals surface area contributed by atoms with Gasteiger partial charge < -0.3 is 10.6 Å². The second-order valence-corrected chi connectivity index (χ2v) is 7.52. The maximum atomic E-state index is 5.54. The predicted octanol–water partition coefficient (Wildman–Crippen LogP) is 5.26. The first-order valence-electron chi connectivity index (χ1n) is 9.99. The molecule has 1 heterocycles. The minimum atomic E-state index is 0.131. The fourth-order valence-corrected chi connectivity index (χ4v) is 3.59. The van der Waals surface area contributed by atoms with Gasteiger partial charge in [0.2, 0.25) is 0 Å². The Morgan fingerprint density at radius 3 is 2.17 bits per heavy atom. The van der Waals surface area contributed by atoms with Gasteiger partial charge in [-0.25, -0.2) is 4.68 Å². The van der Waals surface area contributed by atoms with E-state index < -0.39 is 0 Å². The molecule has 4 rings (SSSR count). The van der Waals surface area contributed by atoms with E-state index in [0.29, 0.717) is 11.7 Å². The summed E-state index contributed by atoms with van der Waals surface area (Å²) in [5.41, 5.74) is 5.34. The summed E-state index contributed by atoms with van der Waals surface area (Å²) < 4.78 is 1.92. The third-order valence-corrected chi connectivity index (χ3v) is 5.21. The van der Waals surface area contributed by atoms with Crippen LogP contribution in [-0.4, -0.2) is 14.9 Å². The van der Waals surface area contributed by atoms with Crippen molar-refractivity contribution in [3.05, 3.63) is 108 Å². The Labute approximate surface area is 182 Å². The van der Waals surface area contributed by atoms with Gasteiger partial charge in [0, 0.05) is 23.9 Å². The average Bonchev–Trinajstić information content (AvgIpc) is 3.24. The number of thiocarbonyl (C=S) groups is 1. The van der Waals surface area contributed by atoms with Crippen molar-refractivity contribution in [2.45, 2.75) is 19.5 Å². The Morgan fingerprint density at radius 2 is 1.50 bits per heavy atom. The molecule has 0 radical (unpaired) electrons. The van der Waals surface area contributed by atoms with Crippen molar-refractivity contribution in [2.75, 3.05) is 0 Å². The van der Waals surface area contributed by atoms with Crippen molar-refractivity contribution < 1.29 is 0 Å². The zero-order chi connectivity index (χ0) is 20.8. The molecule has 1 unspecified atom stereocenters. The van der Waals surface area contributed by atoms with Gasteiger partial charge in [0.05, 0.1) is 17.4 Å². The van der Waals surface area contributed by atoms with Crippen LogP contribution in [0.5, 0.6) is 0 Å². The van der Waals surface area contributed by atoms with Gasteiger partial charge in [-0.3, -0.25) is 0 Å². The molecule has 3 aromatic carbocycles. The highest BCUT2D eigenvalue weighted by Gasteiger charge is 2.13. The normalized spacial score (nSPS) is 11.6. The minimum absolute atomic E-state index is 0.131. The maximum Gasteiger partial charge on any atom is 0.167 e. The Kier molecular flexibility index (Phi) is 6.20. The molecule has 2 N–H and O–H groups in total. The molecule has 4 nitrogen and oxygen atoms in total. The SMILES string of the molecule is CC(NC(=S)NCc1cn(-c2ccccc2)nc1-c1ccccc1)c1ccccc1. The van der Waals surface area contributed by atoms with Crippen LogP contribution in [0, 0.1) is 0 Å². The average molecular weight is 413 g/mol. The number of hydrogen-bond acceptors (Lipinski definition) is 2. The van der Waals surface area contributed by atoms with Crippen molar-refractivity contribution in [1.82, 2.24) is 20.4 Å². The first-order valence-corrected chi connectivity index (χ1v) is 10.4. The van der Waals surface area contributed by atoms with E-state index in [1.807, 2.05) is 71.4 Å². The van der Waals surface area contributed by atoms with Crippen molar-refractivity contribution in [3.63, 3.8) is 0 Å². The molecule has 0 amide bonds. The molecular formula is C25H24N4S. The van der Waals surface area contributed by atoms with Crippen molar-refractivity contribution in [1.29, 1.82) is 0 Å². The van der Waals surface area contributed by atoms with Gasteiger partial charge in [0.1, 0.15) is 0 Å². The van der Waals surface area contributed by atoms with Crippen LogP contribution in [0.2, 0.25) is 0 Å². The Balaban J connectivity index is 1.51. The fraction of sp³-hybridized carbons (Fsp3) is 0.120. The maximum absolute atomic E-state index is 5.54. The first-order chi connectivity index (χ1) is 14.7. The highest BCUT2D eigenvalue weighted by molar-refractivity contribution is 7.80. The summed E-state index contributed by atoms with van der Waals surface area (Å²) in [6, 6.07) is 30.8. The molecule has 0 aliphatic rings. The lowest BCUT2D eigenvalue weighted by atomic mass is 10.1. The summed E-state index contributed by atoms with van der Waals surface area (Å²) in [6.45, 7) is 2.69. The lowest BCUT2D eigenvalue weighted by Gasteiger charge is -2.17. The van der Waals surface area contributed by atoms with E-state index in [1.165, 1.54) is 5.56 Å². The van der Waals surface area contributed by atoms with E-state index in [4.69, 9.17) is 17.3 Å². The number of para-hydroxylation sites is 1. The van der Waals surface area contributed by atoms with Crippen LogP contribution in [0.3, 0.4) is 0 Å². The second kappa shape index (κ2) is 9.37. The number of aromatic nitrogens is 2. The van der Waals surface area contributed by atoms with E-state index in [0.717, 1.165) is 22.5 Å². The summed E-state index contributed by atoms with van der Waals surface area (Å²) >= 11 is 5.54.